The van der Waals surface area contributed by atoms with Gasteiger partial charge in [-0.2, -0.15) is 4.98 Å². The molecule has 152 valence electrons. The quantitative estimate of drug-likeness (QED) is 0.776. The highest BCUT2D eigenvalue weighted by atomic mass is 16.6. The molecule has 0 atom stereocenters. The molecule has 1 aromatic heterocycles. The summed E-state index contributed by atoms with van der Waals surface area (Å²) in [5.74, 6) is 1.01. The van der Waals surface area contributed by atoms with E-state index in [0.29, 0.717) is 43.2 Å². The molecule has 2 rings (SSSR count). The van der Waals surface area contributed by atoms with Gasteiger partial charge in [-0.05, 0) is 45.7 Å². The van der Waals surface area contributed by atoms with E-state index in [1.807, 2.05) is 45.0 Å². The Balaban J connectivity index is 1.89. The lowest BCUT2D eigenvalue weighted by Crippen LogP contribution is -2.34. The number of anilines is 1. The standard InChI is InChI=1S/C20H28N4O4/c1-14-21-18(28-23-14)12-8-11-17(25)22-16-10-7-6-9-15(16)13-24(5)19(26)27-20(2,3)4/h6-7,9-10H,8,11-13H2,1-5H3,(H,22,25). The van der Waals surface area contributed by atoms with Crippen molar-refractivity contribution in [3.8, 4) is 0 Å². The number of carbonyl (C=O) groups excluding carboxylic acids is 2. The van der Waals surface area contributed by atoms with Crippen LogP contribution in [0.2, 0.25) is 0 Å². The van der Waals surface area contributed by atoms with E-state index < -0.39 is 11.7 Å². The predicted octanol–water partition coefficient (Wildman–Crippen LogP) is 3.71. The Morgan fingerprint density at radius 2 is 1.96 bits per heavy atom. The van der Waals surface area contributed by atoms with Gasteiger partial charge in [-0.25, -0.2) is 4.79 Å². The lowest BCUT2D eigenvalue weighted by atomic mass is 10.1. The van der Waals surface area contributed by atoms with Crippen molar-refractivity contribution in [3.05, 3.63) is 41.5 Å². The molecule has 0 aliphatic rings. The lowest BCUT2D eigenvalue weighted by molar-refractivity contribution is -0.116. The van der Waals surface area contributed by atoms with Crippen molar-refractivity contribution in [2.24, 2.45) is 0 Å². The summed E-state index contributed by atoms with van der Waals surface area (Å²) >= 11 is 0. The Labute approximate surface area is 165 Å². The van der Waals surface area contributed by atoms with Crippen LogP contribution >= 0.6 is 0 Å². The summed E-state index contributed by atoms with van der Waals surface area (Å²) < 4.78 is 10.4. The molecule has 8 heteroatoms. The van der Waals surface area contributed by atoms with Crippen molar-refractivity contribution >= 4 is 17.7 Å². The molecule has 2 amide bonds. The third-order valence-corrected chi connectivity index (χ3v) is 3.77. The van der Waals surface area contributed by atoms with Gasteiger partial charge < -0.3 is 19.5 Å². The number of nitrogens with zero attached hydrogens (tertiary/aromatic N) is 3. The van der Waals surface area contributed by atoms with Gasteiger partial charge in [0.05, 0.1) is 6.54 Å². The molecule has 1 N–H and O–H groups in total. The van der Waals surface area contributed by atoms with Crippen LogP contribution in [-0.4, -0.2) is 39.7 Å². The SMILES string of the molecule is Cc1noc(CCCC(=O)Nc2ccccc2CN(C)C(=O)OC(C)(C)C)n1. The summed E-state index contributed by atoms with van der Waals surface area (Å²) in [6, 6.07) is 7.40. The van der Waals surface area contributed by atoms with Crippen molar-refractivity contribution in [1.29, 1.82) is 0 Å². The average molecular weight is 388 g/mol. The second-order valence-electron chi connectivity index (χ2n) is 7.63. The highest BCUT2D eigenvalue weighted by molar-refractivity contribution is 5.91. The molecule has 0 aliphatic carbocycles. The number of para-hydroxylation sites is 1. The highest BCUT2D eigenvalue weighted by Gasteiger charge is 2.20. The molecule has 0 saturated carbocycles. The van der Waals surface area contributed by atoms with Gasteiger partial charge in [-0.1, -0.05) is 23.4 Å². The topological polar surface area (TPSA) is 97.6 Å². The number of carbonyl (C=O) groups is 2. The van der Waals surface area contributed by atoms with E-state index in [2.05, 4.69) is 15.5 Å². The number of benzene rings is 1. The van der Waals surface area contributed by atoms with E-state index in [-0.39, 0.29) is 5.91 Å². The number of rotatable bonds is 7. The average Bonchev–Trinajstić information content (AvgIpc) is 3.00. The lowest BCUT2D eigenvalue weighted by Gasteiger charge is -2.25. The minimum Gasteiger partial charge on any atom is -0.444 e. The van der Waals surface area contributed by atoms with E-state index in [4.69, 9.17) is 9.26 Å². The normalized spacial score (nSPS) is 11.2. The molecule has 28 heavy (non-hydrogen) atoms. The van der Waals surface area contributed by atoms with E-state index in [9.17, 15) is 9.59 Å². The molecule has 1 heterocycles. The fourth-order valence-electron chi connectivity index (χ4n) is 2.49. The van der Waals surface area contributed by atoms with Crippen LogP contribution in [0.25, 0.3) is 0 Å². The molecule has 0 aliphatic heterocycles. The summed E-state index contributed by atoms with van der Waals surface area (Å²) in [6.07, 6.45) is 1.08. The van der Waals surface area contributed by atoms with Crippen LogP contribution in [0.5, 0.6) is 0 Å². The highest BCUT2D eigenvalue weighted by Crippen LogP contribution is 2.19. The van der Waals surface area contributed by atoms with Gasteiger partial charge in [0.15, 0.2) is 5.82 Å². The number of nitrogens with one attached hydrogen (secondary N) is 1. The zero-order valence-corrected chi connectivity index (χ0v) is 17.1. The number of hydrogen-bond donors (Lipinski definition) is 1. The summed E-state index contributed by atoms with van der Waals surface area (Å²) in [5, 5.41) is 6.64. The first-order valence-corrected chi connectivity index (χ1v) is 9.25. The molecular weight excluding hydrogens is 360 g/mol. The molecule has 0 radical (unpaired) electrons. The largest absolute Gasteiger partial charge is 0.444 e. The first-order valence-electron chi connectivity index (χ1n) is 9.25. The molecule has 2 aromatic rings. The monoisotopic (exact) mass is 388 g/mol. The second-order valence-corrected chi connectivity index (χ2v) is 7.63. The molecule has 1 aromatic carbocycles. The summed E-state index contributed by atoms with van der Waals surface area (Å²) in [4.78, 5) is 30.1. The second kappa shape index (κ2) is 9.34. The van der Waals surface area contributed by atoms with Crippen LogP contribution in [0, 0.1) is 6.92 Å². The Morgan fingerprint density at radius 1 is 1.25 bits per heavy atom. The zero-order valence-electron chi connectivity index (χ0n) is 17.1. The van der Waals surface area contributed by atoms with Gasteiger partial charge in [0.25, 0.3) is 0 Å². The van der Waals surface area contributed by atoms with E-state index in [1.165, 1.54) is 4.90 Å². The molecule has 0 bridgehead atoms. The fraction of sp³-hybridized carbons (Fsp3) is 0.500. The molecule has 0 fully saturated rings. The smallest absolute Gasteiger partial charge is 0.410 e. The number of hydrogen-bond acceptors (Lipinski definition) is 6. The van der Waals surface area contributed by atoms with Crippen molar-refractivity contribution in [2.75, 3.05) is 12.4 Å². The predicted molar refractivity (Wildman–Crippen MR) is 105 cm³/mol. The van der Waals surface area contributed by atoms with Gasteiger partial charge in [0.2, 0.25) is 11.8 Å². The minimum absolute atomic E-state index is 0.108. The van der Waals surface area contributed by atoms with Crippen molar-refractivity contribution in [3.63, 3.8) is 0 Å². The maximum Gasteiger partial charge on any atom is 0.410 e. The van der Waals surface area contributed by atoms with Crippen LogP contribution in [0.3, 0.4) is 0 Å². The van der Waals surface area contributed by atoms with Gasteiger partial charge >= 0.3 is 6.09 Å². The number of aromatic nitrogens is 2. The number of amides is 2. The van der Waals surface area contributed by atoms with Crippen LogP contribution < -0.4 is 5.32 Å². The zero-order chi connectivity index (χ0) is 20.7. The summed E-state index contributed by atoms with van der Waals surface area (Å²) in [5.41, 5.74) is 0.948. The van der Waals surface area contributed by atoms with Crippen LogP contribution in [0.1, 0.15) is 50.9 Å². The fourth-order valence-corrected chi connectivity index (χ4v) is 2.49. The van der Waals surface area contributed by atoms with E-state index >= 15 is 0 Å². The molecular formula is C20H28N4O4. The van der Waals surface area contributed by atoms with Crippen LogP contribution in [0.4, 0.5) is 10.5 Å². The Bertz CT molecular complexity index is 811. The molecule has 8 nitrogen and oxygen atoms in total. The van der Waals surface area contributed by atoms with E-state index in [0.717, 1.165) is 5.56 Å². The van der Waals surface area contributed by atoms with Crippen molar-refractivity contribution < 1.29 is 18.8 Å². The maximum atomic E-state index is 12.3. The number of aryl methyl sites for hydroxylation is 2. The van der Waals surface area contributed by atoms with Crippen molar-refractivity contribution in [2.45, 2.75) is 59.1 Å². The van der Waals surface area contributed by atoms with Crippen LogP contribution in [-0.2, 0) is 22.5 Å². The van der Waals surface area contributed by atoms with Crippen LogP contribution in [0.15, 0.2) is 28.8 Å². The minimum atomic E-state index is -0.560. The molecule has 0 spiro atoms. The molecule has 0 unspecified atom stereocenters. The van der Waals surface area contributed by atoms with Gasteiger partial charge in [-0.15, -0.1) is 0 Å². The van der Waals surface area contributed by atoms with Gasteiger partial charge in [-0.3, -0.25) is 4.79 Å². The Kier molecular flexibility index (Phi) is 7.14. The summed E-state index contributed by atoms with van der Waals surface area (Å²) in [7, 11) is 1.67. The number of ether oxygens (including phenoxy) is 1. The molecule has 0 saturated heterocycles. The summed E-state index contributed by atoms with van der Waals surface area (Å²) in [6.45, 7) is 7.55. The first-order chi connectivity index (χ1) is 13.1. The maximum absolute atomic E-state index is 12.3. The van der Waals surface area contributed by atoms with E-state index in [1.54, 1.807) is 14.0 Å². The third kappa shape index (κ3) is 7.02. The van der Waals surface area contributed by atoms with Crippen molar-refractivity contribution in [1.82, 2.24) is 15.0 Å². The first kappa shape index (κ1) is 21.4. The van der Waals surface area contributed by atoms with Gasteiger partial charge in [0, 0.05) is 25.6 Å². The van der Waals surface area contributed by atoms with Gasteiger partial charge in [0.1, 0.15) is 5.60 Å². The third-order valence-electron chi connectivity index (χ3n) is 3.77. The Hall–Kier alpha value is -2.90. The Morgan fingerprint density at radius 3 is 2.61 bits per heavy atom.